The molecule has 0 bridgehead atoms. The third-order valence-electron chi connectivity index (χ3n) is 2.73. The van der Waals surface area contributed by atoms with Gasteiger partial charge in [-0.1, -0.05) is 0 Å². The Hall–Kier alpha value is -0.870. The van der Waals surface area contributed by atoms with Crippen molar-refractivity contribution < 1.29 is 14.3 Å². The molecule has 2 rings (SSSR count). The van der Waals surface area contributed by atoms with Gasteiger partial charge in [0.25, 0.3) is 0 Å². The Morgan fingerprint density at radius 1 is 1.47 bits per heavy atom. The fourth-order valence-electron chi connectivity index (χ4n) is 1.81. The maximum absolute atomic E-state index is 11.3. The van der Waals surface area contributed by atoms with Crippen molar-refractivity contribution >= 4 is 21.7 Å². The lowest BCUT2D eigenvalue weighted by atomic mass is 10.1. The maximum Gasteiger partial charge on any atom is 0.199 e. The summed E-state index contributed by atoms with van der Waals surface area (Å²) in [6, 6.07) is 5.39. The second kappa shape index (κ2) is 5.65. The lowest BCUT2D eigenvalue weighted by Crippen LogP contribution is -2.24. The highest BCUT2D eigenvalue weighted by Gasteiger charge is 2.16. The number of carbonyl (C=O) groups excluding carboxylic acids is 1. The Bertz CT molecular complexity index is 411. The van der Waals surface area contributed by atoms with Crippen LogP contribution in [0.25, 0.3) is 0 Å². The molecule has 1 aliphatic heterocycles. The summed E-state index contributed by atoms with van der Waals surface area (Å²) >= 11 is 3.37. The molecule has 1 saturated heterocycles. The Balaban J connectivity index is 2.06. The molecule has 4 heteroatoms. The van der Waals surface area contributed by atoms with Crippen LogP contribution in [-0.2, 0) is 4.74 Å². The first-order valence-electron chi connectivity index (χ1n) is 5.75. The molecule has 0 amide bonds. The standard InChI is InChI=1S/C13H15BrO3/c1-9(15)11-6-5-10(8-12(11)14)17-13-4-2-3-7-16-13/h5-6,8,13H,2-4,7H2,1H3. The van der Waals surface area contributed by atoms with E-state index in [-0.39, 0.29) is 12.1 Å². The first kappa shape index (κ1) is 12.6. The van der Waals surface area contributed by atoms with Crippen LogP contribution in [0.3, 0.4) is 0 Å². The second-order valence-corrected chi connectivity index (χ2v) is 4.97. The van der Waals surface area contributed by atoms with Gasteiger partial charge in [-0.15, -0.1) is 0 Å². The average molecular weight is 299 g/mol. The Morgan fingerprint density at radius 2 is 2.29 bits per heavy atom. The SMILES string of the molecule is CC(=O)c1ccc(OC2CCCCO2)cc1Br. The monoisotopic (exact) mass is 298 g/mol. The van der Waals surface area contributed by atoms with E-state index in [2.05, 4.69) is 15.9 Å². The molecule has 0 aromatic heterocycles. The molecule has 1 heterocycles. The highest BCUT2D eigenvalue weighted by Crippen LogP contribution is 2.25. The summed E-state index contributed by atoms with van der Waals surface area (Å²) in [5, 5.41) is 0. The highest BCUT2D eigenvalue weighted by atomic mass is 79.9. The van der Waals surface area contributed by atoms with Crippen molar-refractivity contribution in [3.05, 3.63) is 28.2 Å². The van der Waals surface area contributed by atoms with Crippen molar-refractivity contribution in [2.24, 2.45) is 0 Å². The molecule has 1 unspecified atom stereocenters. The van der Waals surface area contributed by atoms with Crippen LogP contribution in [0.1, 0.15) is 36.5 Å². The molecule has 17 heavy (non-hydrogen) atoms. The zero-order valence-corrected chi connectivity index (χ0v) is 11.3. The number of hydrogen-bond donors (Lipinski definition) is 0. The number of ketones is 1. The number of rotatable bonds is 3. The van der Waals surface area contributed by atoms with E-state index >= 15 is 0 Å². The normalized spacial score (nSPS) is 20.0. The topological polar surface area (TPSA) is 35.5 Å². The summed E-state index contributed by atoms with van der Waals surface area (Å²) in [5.41, 5.74) is 0.668. The zero-order valence-electron chi connectivity index (χ0n) is 9.74. The largest absolute Gasteiger partial charge is 0.465 e. The number of ether oxygens (including phenoxy) is 2. The summed E-state index contributed by atoms with van der Waals surface area (Å²) in [6.45, 7) is 2.31. The van der Waals surface area contributed by atoms with E-state index < -0.39 is 0 Å². The molecule has 1 atom stereocenters. The minimum atomic E-state index is -0.154. The first-order chi connectivity index (χ1) is 8.16. The minimum absolute atomic E-state index is 0.0392. The molecule has 0 aliphatic carbocycles. The van der Waals surface area contributed by atoms with Gasteiger partial charge in [0.1, 0.15) is 5.75 Å². The summed E-state index contributed by atoms with van der Waals surface area (Å²) < 4.78 is 12.0. The molecule has 1 fully saturated rings. The summed E-state index contributed by atoms with van der Waals surface area (Å²) in [5.74, 6) is 0.770. The van der Waals surface area contributed by atoms with E-state index in [1.807, 2.05) is 6.07 Å². The van der Waals surface area contributed by atoms with E-state index in [1.54, 1.807) is 19.1 Å². The summed E-state index contributed by atoms with van der Waals surface area (Å²) in [7, 11) is 0. The molecular formula is C13H15BrO3. The molecule has 1 aliphatic rings. The smallest absolute Gasteiger partial charge is 0.199 e. The number of carbonyl (C=O) groups is 1. The number of benzene rings is 1. The van der Waals surface area contributed by atoms with Crippen LogP contribution in [0.2, 0.25) is 0 Å². The van der Waals surface area contributed by atoms with E-state index in [9.17, 15) is 4.79 Å². The van der Waals surface area contributed by atoms with Gasteiger partial charge in [-0.3, -0.25) is 4.79 Å². The molecule has 0 N–H and O–H groups in total. The molecule has 0 radical (unpaired) electrons. The van der Waals surface area contributed by atoms with Gasteiger partial charge in [0.2, 0.25) is 0 Å². The van der Waals surface area contributed by atoms with Gasteiger partial charge in [-0.2, -0.15) is 0 Å². The van der Waals surface area contributed by atoms with Gasteiger partial charge >= 0.3 is 0 Å². The number of hydrogen-bond acceptors (Lipinski definition) is 3. The van der Waals surface area contributed by atoms with Gasteiger partial charge in [0, 0.05) is 16.5 Å². The van der Waals surface area contributed by atoms with Crippen LogP contribution in [0.4, 0.5) is 0 Å². The van der Waals surface area contributed by atoms with E-state index in [4.69, 9.17) is 9.47 Å². The molecule has 0 spiro atoms. The summed E-state index contributed by atoms with van der Waals surface area (Å²) in [6.07, 6.45) is 3.01. The minimum Gasteiger partial charge on any atom is -0.465 e. The number of halogens is 1. The fourth-order valence-corrected chi connectivity index (χ4v) is 2.45. The van der Waals surface area contributed by atoms with Crippen molar-refractivity contribution in [3.63, 3.8) is 0 Å². The molecule has 1 aromatic rings. The maximum atomic E-state index is 11.3. The molecular weight excluding hydrogens is 284 g/mol. The Labute approximate surface area is 109 Å². The van der Waals surface area contributed by atoms with Crippen LogP contribution in [0.5, 0.6) is 5.75 Å². The average Bonchev–Trinajstić information content (AvgIpc) is 2.30. The van der Waals surface area contributed by atoms with Crippen molar-refractivity contribution in [3.8, 4) is 5.75 Å². The van der Waals surface area contributed by atoms with E-state index in [0.29, 0.717) is 5.56 Å². The van der Waals surface area contributed by atoms with Gasteiger partial charge in [0.15, 0.2) is 12.1 Å². The predicted molar refractivity (Wildman–Crippen MR) is 68.4 cm³/mol. The van der Waals surface area contributed by atoms with Crippen LogP contribution >= 0.6 is 15.9 Å². The third kappa shape index (κ3) is 3.30. The van der Waals surface area contributed by atoms with Crippen molar-refractivity contribution in [1.29, 1.82) is 0 Å². The van der Waals surface area contributed by atoms with Crippen molar-refractivity contribution in [2.45, 2.75) is 32.5 Å². The Morgan fingerprint density at radius 3 is 2.88 bits per heavy atom. The molecule has 3 nitrogen and oxygen atoms in total. The summed E-state index contributed by atoms with van der Waals surface area (Å²) in [4.78, 5) is 11.3. The van der Waals surface area contributed by atoms with Crippen LogP contribution in [-0.4, -0.2) is 18.7 Å². The van der Waals surface area contributed by atoms with Crippen molar-refractivity contribution in [2.75, 3.05) is 6.61 Å². The number of Topliss-reactive ketones (excluding diaryl/α,β-unsaturated/α-hetero) is 1. The quantitative estimate of drug-likeness (QED) is 0.801. The van der Waals surface area contributed by atoms with Gasteiger partial charge in [0.05, 0.1) is 6.61 Å². The highest BCUT2D eigenvalue weighted by molar-refractivity contribution is 9.10. The lowest BCUT2D eigenvalue weighted by Gasteiger charge is -2.23. The molecule has 0 saturated carbocycles. The first-order valence-corrected chi connectivity index (χ1v) is 6.55. The molecule has 92 valence electrons. The zero-order chi connectivity index (χ0) is 12.3. The Kier molecular flexibility index (Phi) is 4.18. The van der Waals surface area contributed by atoms with Gasteiger partial charge in [-0.25, -0.2) is 0 Å². The predicted octanol–water partition coefficient (Wildman–Crippen LogP) is 3.56. The van der Waals surface area contributed by atoms with Crippen LogP contribution in [0.15, 0.2) is 22.7 Å². The molecule has 1 aromatic carbocycles. The third-order valence-corrected chi connectivity index (χ3v) is 3.38. The second-order valence-electron chi connectivity index (χ2n) is 4.11. The van der Waals surface area contributed by atoms with Crippen LogP contribution in [0, 0.1) is 0 Å². The van der Waals surface area contributed by atoms with Crippen LogP contribution < -0.4 is 4.74 Å². The van der Waals surface area contributed by atoms with Gasteiger partial charge < -0.3 is 9.47 Å². The fraction of sp³-hybridized carbons (Fsp3) is 0.462. The van der Waals surface area contributed by atoms with E-state index in [0.717, 1.165) is 36.1 Å². The van der Waals surface area contributed by atoms with E-state index in [1.165, 1.54) is 0 Å². The lowest BCUT2D eigenvalue weighted by molar-refractivity contribution is -0.105. The van der Waals surface area contributed by atoms with Gasteiger partial charge in [-0.05, 0) is 53.9 Å². The van der Waals surface area contributed by atoms with Crippen molar-refractivity contribution in [1.82, 2.24) is 0 Å².